The second-order valence-electron chi connectivity index (χ2n) is 6.80. The number of para-hydroxylation sites is 2. The van der Waals surface area contributed by atoms with Crippen molar-refractivity contribution in [2.24, 2.45) is 0 Å². The topological polar surface area (TPSA) is 41.4 Å². The van der Waals surface area contributed by atoms with Gasteiger partial charge in [0.25, 0.3) is 0 Å². The molecule has 2 aliphatic heterocycles. The zero-order chi connectivity index (χ0) is 17.8. The fourth-order valence-electron chi connectivity index (χ4n) is 3.97. The Morgan fingerprint density at radius 1 is 1.24 bits per heavy atom. The van der Waals surface area contributed by atoms with E-state index in [0.29, 0.717) is 19.5 Å². The van der Waals surface area contributed by atoms with Crippen LogP contribution in [0.4, 0.5) is 13.2 Å². The van der Waals surface area contributed by atoms with Gasteiger partial charge in [-0.15, -0.1) is 0 Å². The number of nitrogens with zero attached hydrogens (tertiary/aromatic N) is 4. The zero-order valence-electron chi connectivity index (χ0n) is 13.8. The van der Waals surface area contributed by atoms with E-state index in [4.69, 9.17) is 0 Å². The summed E-state index contributed by atoms with van der Waals surface area (Å²) in [5.41, 5.74) is 1.99. The number of aromatic nitrogens is 2. The van der Waals surface area contributed by atoms with Crippen molar-refractivity contribution < 1.29 is 18.0 Å². The van der Waals surface area contributed by atoms with Gasteiger partial charge in [-0.05, 0) is 25.5 Å². The lowest BCUT2D eigenvalue weighted by molar-refractivity contribution is -0.159. The molecule has 4 rings (SSSR count). The number of rotatable bonds is 3. The van der Waals surface area contributed by atoms with E-state index >= 15 is 0 Å². The third-order valence-electron chi connectivity index (χ3n) is 5.11. The van der Waals surface area contributed by atoms with Gasteiger partial charge in [0.05, 0.1) is 23.1 Å². The summed E-state index contributed by atoms with van der Waals surface area (Å²) in [6.07, 6.45) is -3.87. The van der Waals surface area contributed by atoms with E-state index in [1.807, 2.05) is 36.1 Å². The van der Waals surface area contributed by atoms with Crippen molar-refractivity contribution in [1.82, 2.24) is 19.4 Å². The van der Waals surface area contributed by atoms with Gasteiger partial charge in [-0.25, -0.2) is 4.98 Å². The van der Waals surface area contributed by atoms with Crippen LogP contribution in [0.2, 0.25) is 0 Å². The standard InChI is InChI=1S/C17H19F3N4O/c1-11-21-13-4-2-3-5-14(13)24(11)12-8-23(9-12)15-6-7-22(16(15)25)10-17(18,19)20/h2-5,12,15H,6-10H2,1H3. The van der Waals surface area contributed by atoms with Gasteiger partial charge >= 0.3 is 6.18 Å². The van der Waals surface area contributed by atoms with Crippen molar-refractivity contribution in [3.8, 4) is 0 Å². The largest absolute Gasteiger partial charge is 0.406 e. The first-order chi connectivity index (χ1) is 11.8. The maximum absolute atomic E-state index is 12.5. The first kappa shape index (κ1) is 16.4. The fourth-order valence-corrected chi connectivity index (χ4v) is 3.97. The first-order valence-corrected chi connectivity index (χ1v) is 8.36. The van der Waals surface area contributed by atoms with Gasteiger partial charge in [-0.3, -0.25) is 9.69 Å². The Bertz CT molecular complexity index is 810. The molecular formula is C17H19F3N4O. The minimum Gasteiger partial charge on any atom is -0.332 e. The smallest absolute Gasteiger partial charge is 0.332 e. The molecule has 134 valence electrons. The summed E-state index contributed by atoms with van der Waals surface area (Å²) in [6.45, 7) is 2.31. The maximum Gasteiger partial charge on any atom is 0.406 e. The van der Waals surface area contributed by atoms with Gasteiger partial charge < -0.3 is 9.47 Å². The molecule has 2 fully saturated rings. The quantitative estimate of drug-likeness (QED) is 0.852. The Hall–Kier alpha value is -2.09. The fraction of sp³-hybridized carbons (Fsp3) is 0.529. The van der Waals surface area contributed by atoms with Crippen molar-refractivity contribution in [2.45, 2.75) is 31.6 Å². The van der Waals surface area contributed by atoms with Crippen LogP contribution in [-0.2, 0) is 4.79 Å². The van der Waals surface area contributed by atoms with Gasteiger partial charge in [-0.1, -0.05) is 12.1 Å². The number of likely N-dealkylation sites (tertiary alicyclic amines) is 2. The lowest BCUT2D eigenvalue weighted by Crippen LogP contribution is -2.55. The molecular weight excluding hydrogens is 333 g/mol. The summed E-state index contributed by atoms with van der Waals surface area (Å²) < 4.78 is 39.7. The second kappa shape index (κ2) is 5.72. The number of alkyl halides is 3. The SMILES string of the molecule is Cc1nc2ccccc2n1C1CN(C2CCN(CC(F)(F)F)C2=O)C1. The third kappa shape index (κ3) is 2.88. The van der Waals surface area contributed by atoms with Crippen molar-refractivity contribution in [3.05, 3.63) is 30.1 Å². The first-order valence-electron chi connectivity index (χ1n) is 8.36. The van der Waals surface area contributed by atoms with Gasteiger partial charge in [0.2, 0.25) is 5.91 Å². The van der Waals surface area contributed by atoms with Gasteiger partial charge in [0.1, 0.15) is 12.4 Å². The molecule has 1 atom stereocenters. The van der Waals surface area contributed by atoms with Crippen LogP contribution >= 0.6 is 0 Å². The van der Waals surface area contributed by atoms with Crippen LogP contribution in [0.25, 0.3) is 11.0 Å². The molecule has 3 heterocycles. The summed E-state index contributed by atoms with van der Waals surface area (Å²) in [4.78, 5) is 19.7. The minimum atomic E-state index is -4.34. The average Bonchev–Trinajstić information content (AvgIpc) is 2.99. The Kier molecular flexibility index (Phi) is 3.75. The summed E-state index contributed by atoms with van der Waals surface area (Å²) >= 11 is 0. The maximum atomic E-state index is 12.5. The van der Waals surface area contributed by atoms with Crippen LogP contribution in [0.3, 0.4) is 0 Å². The third-order valence-corrected chi connectivity index (χ3v) is 5.11. The van der Waals surface area contributed by atoms with Crippen molar-refractivity contribution in [3.63, 3.8) is 0 Å². The van der Waals surface area contributed by atoms with Crippen molar-refractivity contribution in [2.75, 3.05) is 26.2 Å². The number of aryl methyl sites for hydroxylation is 1. The predicted molar refractivity (Wildman–Crippen MR) is 86.1 cm³/mol. The minimum absolute atomic E-state index is 0.178. The monoisotopic (exact) mass is 352 g/mol. The highest BCUT2D eigenvalue weighted by Crippen LogP contribution is 2.32. The predicted octanol–water partition coefficient (Wildman–Crippen LogP) is 2.36. The molecule has 1 aromatic heterocycles. The Balaban J connectivity index is 1.44. The number of benzene rings is 1. The number of imidazole rings is 1. The molecule has 0 N–H and O–H groups in total. The molecule has 2 aromatic rings. The van der Waals surface area contributed by atoms with E-state index in [1.165, 1.54) is 0 Å². The van der Waals surface area contributed by atoms with E-state index in [9.17, 15) is 18.0 Å². The van der Waals surface area contributed by atoms with E-state index in [2.05, 4.69) is 9.55 Å². The lowest BCUT2D eigenvalue weighted by atomic mass is 10.0. The van der Waals surface area contributed by atoms with Crippen LogP contribution in [0.15, 0.2) is 24.3 Å². The summed E-state index contributed by atoms with van der Waals surface area (Å²) in [7, 11) is 0. The molecule has 0 spiro atoms. The van der Waals surface area contributed by atoms with Crippen LogP contribution in [0.1, 0.15) is 18.3 Å². The van der Waals surface area contributed by atoms with E-state index in [0.717, 1.165) is 21.8 Å². The molecule has 0 radical (unpaired) electrons. The number of carbonyl (C=O) groups excluding carboxylic acids is 1. The number of carbonyl (C=O) groups is 1. The van der Waals surface area contributed by atoms with Crippen LogP contribution in [0.5, 0.6) is 0 Å². The summed E-state index contributed by atoms with van der Waals surface area (Å²) in [5, 5.41) is 0. The average molecular weight is 352 g/mol. The van der Waals surface area contributed by atoms with Crippen LogP contribution in [0, 0.1) is 6.92 Å². The van der Waals surface area contributed by atoms with Crippen LogP contribution in [-0.4, -0.2) is 63.7 Å². The van der Waals surface area contributed by atoms with Crippen LogP contribution < -0.4 is 0 Å². The number of fused-ring (bicyclic) bond motifs is 1. The highest BCUT2D eigenvalue weighted by atomic mass is 19.4. The number of amides is 1. The molecule has 5 nitrogen and oxygen atoms in total. The Morgan fingerprint density at radius 3 is 2.68 bits per heavy atom. The zero-order valence-corrected chi connectivity index (χ0v) is 13.8. The Morgan fingerprint density at radius 2 is 1.96 bits per heavy atom. The number of hydrogen-bond acceptors (Lipinski definition) is 3. The molecule has 1 amide bonds. The van der Waals surface area contributed by atoms with Gasteiger partial charge in [0, 0.05) is 19.6 Å². The Labute approximate surface area is 143 Å². The van der Waals surface area contributed by atoms with Gasteiger partial charge in [-0.2, -0.15) is 13.2 Å². The molecule has 2 aliphatic rings. The van der Waals surface area contributed by atoms with E-state index < -0.39 is 24.7 Å². The van der Waals surface area contributed by atoms with E-state index in [1.54, 1.807) is 0 Å². The molecule has 0 aliphatic carbocycles. The number of hydrogen-bond donors (Lipinski definition) is 0. The highest BCUT2D eigenvalue weighted by molar-refractivity contribution is 5.84. The lowest BCUT2D eigenvalue weighted by Gasteiger charge is -2.43. The summed E-state index contributed by atoms with van der Waals surface area (Å²) in [6, 6.07) is 7.67. The molecule has 1 unspecified atom stereocenters. The van der Waals surface area contributed by atoms with Crippen molar-refractivity contribution in [1.29, 1.82) is 0 Å². The van der Waals surface area contributed by atoms with E-state index in [-0.39, 0.29) is 12.6 Å². The normalized spacial score (nSPS) is 22.8. The number of halogens is 3. The molecule has 8 heteroatoms. The molecule has 2 saturated heterocycles. The molecule has 0 saturated carbocycles. The second-order valence-corrected chi connectivity index (χ2v) is 6.80. The summed E-state index contributed by atoms with van der Waals surface area (Å²) in [5.74, 6) is 0.519. The van der Waals surface area contributed by atoms with Gasteiger partial charge in [0.15, 0.2) is 0 Å². The van der Waals surface area contributed by atoms with Crippen molar-refractivity contribution >= 4 is 16.9 Å². The molecule has 25 heavy (non-hydrogen) atoms. The highest BCUT2D eigenvalue weighted by Gasteiger charge is 2.45. The molecule has 1 aromatic carbocycles. The molecule has 0 bridgehead atoms.